The van der Waals surface area contributed by atoms with Crippen LogP contribution >= 0.6 is 0 Å². The van der Waals surface area contributed by atoms with Crippen LogP contribution in [0.1, 0.15) is 34.6 Å². The van der Waals surface area contributed by atoms with Gasteiger partial charge in [-0.1, -0.05) is 20.8 Å². The van der Waals surface area contributed by atoms with Gasteiger partial charge in [-0.2, -0.15) is 5.48 Å². The van der Waals surface area contributed by atoms with E-state index in [2.05, 4.69) is 51.2 Å². The summed E-state index contributed by atoms with van der Waals surface area (Å²) in [4.78, 5) is 0. The highest BCUT2D eigenvalue weighted by Crippen LogP contribution is 2.36. The van der Waals surface area contributed by atoms with E-state index in [1.54, 1.807) is 7.11 Å². The van der Waals surface area contributed by atoms with Gasteiger partial charge in [0.1, 0.15) is 0 Å². The van der Waals surface area contributed by atoms with E-state index < -0.39 is 26.3 Å². The second kappa shape index (κ2) is 9.89. The van der Waals surface area contributed by atoms with Crippen LogP contribution in [0.4, 0.5) is 0 Å². The molecule has 0 fully saturated rings. The molecule has 0 saturated carbocycles. The number of ether oxygens (including phenoxy) is 3. The van der Waals surface area contributed by atoms with Crippen LogP contribution in [-0.4, -0.2) is 58.8 Å². The molecule has 0 aliphatic rings. The zero-order chi connectivity index (χ0) is 19.9. The van der Waals surface area contributed by atoms with E-state index in [4.69, 9.17) is 18.6 Å². The van der Waals surface area contributed by atoms with Crippen molar-refractivity contribution in [2.24, 2.45) is 0 Å². The fraction of sp³-hybridized carbons (Fsp3) is 0.882. The molecule has 7 nitrogen and oxygen atoms in total. The fourth-order valence-corrected chi connectivity index (χ4v) is 2.74. The summed E-state index contributed by atoms with van der Waals surface area (Å²) in [5.74, 6) is -0.391. The number of hydrogen-bond acceptors (Lipinski definition) is 7. The van der Waals surface area contributed by atoms with Crippen molar-refractivity contribution >= 4 is 8.32 Å². The van der Waals surface area contributed by atoms with Gasteiger partial charge in [0, 0.05) is 13.7 Å². The third-order valence-electron chi connectivity index (χ3n) is 4.72. The average molecular weight is 379 g/mol. The SMILES string of the molecule is C=C(NC[C@H](OC(C)(C)OC)C(CO[Si](C)(C)C(C)(C)C)NO)OC. The first-order valence-corrected chi connectivity index (χ1v) is 11.4. The molecule has 150 valence electrons. The molecule has 0 spiro atoms. The highest BCUT2D eigenvalue weighted by molar-refractivity contribution is 6.74. The summed E-state index contributed by atoms with van der Waals surface area (Å²) >= 11 is 0. The van der Waals surface area contributed by atoms with Crippen LogP contribution in [0.25, 0.3) is 0 Å². The van der Waals surface area contributed by atoms with Gasteiger partial charge in [0.2, 0.25) is 0 Å². The molecule has 1 unspecified atom stereocenters. The molecule has 0 radical (unpaired) electrons. The Bertz CT molecular complexity index is 410. The first-order valence-electron chi connectivity index (χ1n) is 8.53. The zero-order valence-electron chi connectivity index (χ0n) is 17.4. The summed E-state index contributed by atoms with van der Waals surface area (Å²) in [6.07, 6.45) is -0.434. The Kier molecular flexibility index (Phi) is 9.64. The smallest absolute Gasteiger partial charge is 0.192 e. The van der Waals surface area contributed by atoms with Crippen LogP contribution in [0.2, 0.25) is 18.1 Å². The molecule has 8 heteroatoms. The van der Waals surface area contributed by atoms with Crippen molar-refractivity contribution in [3.8, 4) is 0 Å². The van der Waals surface area contributed by atoms with Gasteiger partial charge in [-0.25, -0.2) is 0 Å². The molecule has 0 saturated heterocycles. The molecule has 0 aliphatic carbocycles. The maximum atomic E-state index is 9.67. The highest BCUT2D eigenvalue weighted by Gasteiger charge is 2.39. The maximum absolute atomic E-state index is 9.67. The van der Waals surface area contributed by atoms with Crippen LogP contribution in [0.5, 0.6) is 0 Å². The molecule has 0 aromatic rings. The number of methoxy groups -OCH3 is 2. The van der Waals surface area contributed by atoms with Crippen molar-refractivity contribution in [2.75, 3.05) is 27.4 Å². The Morgan fingerprint density at radius 1 is 1.16 bits per heavy atom. The second-order valence-corrected chi connectivity index (χ2v) is 12.9. The lowest BCUT2D eigenvalue weighted by atomic mass is 10.1. The van der Waals surface area contributed by atoms with E-state index in [0.29, 0.717) is 19.0 Å². The Morgan fingerprint density at radius 2 is 1.72 bits per heavy atom. The molecule has 0 rings (SSSR count). The summed E-state index contributed by atoms with van der Waals surface area (Å²) < 4.78 is 22.6. The predicted molar refractivity (Wildman–Crippen MR) is 102 cm³/mol. The lowest BCUT2D eigenvalue weighted by Gasteiger charge is -2.39. The van der Waals surface area contributed by atoms with Crippen molar-refractivity contribution in [1.82, 2.24) is 10.8 Å². The quantitative estimate of drug-likeness (QED) is 0.208. The van der Waals surface area contributed by atoms with E-state index in [1.807, 2.05) is 13.8 Å². The van der Waals surface area contributed by atoms with Crippen molar-refractivity contribution in [3.63, 3.8) is 0 Å². The first kappa shape index (κ1) is 24.4. The first-order chi connectivity index (χ1) is 11.3. The predicted octanol–water partition coefficient (Wildman–Crippen LogP) is 2.83. The van der Waals surface area contributed by atoms with Gasteiger partial charge < -0.3 is 29.2 Å². The standard InChI is InChI=1S/C17H38N2O5Si/c1-13(21-7)18-11-15(24-17(5,6)22-8)14(19-20)12-23-25(9,10)16(2,3)4/h14-15,18-20H,1,11-12H2,2-10H3/t14?,15-/m0/s1. The minimum Gasteiger partial charge on any atom is -0.483 e. The molecule has 0 aromatic heterocycles. The van der Waals surface area contributed by atoms with Crippen molar-refractivity contribution in [3.05, 3.63) is 12.5 Å². The Balaban J connectivity index is 5.11. The number of hydrogen-bond donors (Lipinski definition) is 3. The van der Waals surface area contributed by atoms with Gasteiger partial charge in [0.25, 0.3) is 0 Å². The molecule has 0 amide bonds. The normalized spacial score (nSPS) is 15.6. The Morgan fingerprint density at radius 3 is 2.12 bits per heavy atom. The highest BCUT2D eigenvalue weighted by atomic mass is 28.4. The van der Waals surface area contributed by atoms with E-state index in [0.717, 1.165) is 0 Å². The molecular weight excluding hydrogens is 340 g/mol. The van der Waals surface area contributed by atoms with E-state index in [-0.39, 0.29) is 5.04 Å². The summed E-state index contributed by atoms with van der Waals surface area (Å²) in [5.41, 5.74) is 2.32. The van der Waals surface area contributed by atoms with Gasteiger partial charge in [-0.05, 0) is 38.6 Å². The van der Waals surface area contributed by atoms with E-state index in [9.17, 15) is 5.21 Å². The minimum absolute atomic E-state index is 0.0811. The van der Waals surface area contributed by atoms with Crippen LogP contribution in [0.15, 0.2) is 12.5 Å². The fourth-order valence-electron chi connectivity index (χ4n) is 1.71. The molecule has 0 heterocycles. The topological polar surface area (TPSA) is 81.2 Å². The van der Waals surface area contributed by atoms with Crippen molar-refractivity contribution < 1.29 is 23.8 Å². The van der Waals surface area contributed by atoms with Crippen molar-refractivity contribution in [2.45, 2.75) is 70.7 Å². The number of hydroxylamine groups is 1. The van der Waals surface area contributed by atoms with Crippen LogP contribution in [0.3, 0.4) is 0 Å². The molecular formula is C17H38N2O5Si. The average Bonchev–Trinajstić information content (AvgIpc) is 2.51. The second-order valence-electron chi connectivity index (χ2n) is 8.08. The van der Waals surface area contributed by atoms with Crippen LogP contribution in [0, 0.1) is 0 Å². The molecule has 3 N–H and O–H groups in total. The van der Waals surface area contributed by atoms with E-state index in [1.165, 1.54) is 7.11 Å². The van der Waals surface area contributed by atoms with Gasteiger partial charge in [0.15, 0.2) is 20.0 Å². The third kappa shape index (κ3) is 8.52. The zero-order valence-corrected chi connectivity index (χ0v) is 18.4. The lowest BCUT2D eigenvalue weighted by molar-refractivity contribution is -0.232. The van der Waals surface area contributed by atoms with Crippen LogP contribution < -0.4 is 10.8 Å². The summed E-state index contributed by atoms with van der Waals surface area (Å²) in [7, 11) is 1.16. The molecule has 0 bridgehead atoms. The van der Waals surface area contributed by atoms with Gasteiger partial charge in [0.05, 0.1) is 25.9 Å². The Labute approximate surface area is 154 Å². The lowest BCUT2D eigenvalue weighted by Crippen LogP contribution is -2.53. The largest absolute Gasteiger partial charge is 0.483 e. The third-order valence-corrected chi connectivity index (χ3v) is 9.22. The van der Waals surface area contributed by atoms with Gasteiger partial charge in [-0.3, -0.25) is 0 Å². The van der Waals surface area contributed by atoms with Crippen LogP contribution in [-0.2, 0) is 18.6 Å². The summed E-state index contributed by atoms with van der Waals surface area (Å²) in [5, 5.41) is 12.8. The van der Waals surface area contributed by atoms with Gasteiger partial charge in [-0.15, -0.1) is 0 Å². The minimum atomic E-state index is -1.95. The van der Waals surface area contributed by atoms with Gasteiger partial charge >= 0.3 is 0 Å². The van der Waals surface area contributed by atoms with E-state index >= 15 is 0 Å². The van der Waals surface area contributed by atoms with Crippen molar-refractivity contribution in [1.29, 1.82) is 0 Å². The summed E-state index contributed by atoms with van der Waals surface area (Å²) in [6.45, 7) is 18.9. The monoisotopic (exact) mass is 378 g/mol. The summed E-state index contributed by atoms with van der Waals surface area (Å²) in [6, 6.07) is -0.444. The molecule has 0 aliphatic heterocycles. The molecule has 2 atom stereocenters. The number of rotatable bonds is 12. The molecule has 25 heavy (non-hydrogen) atoms. The maximum Gasteiger partial charge on any atom is 0.192 e. The molecule has 0 aromatic carbocycles. The number of nitrogens with one attached hydrogen (secondary N) is 2. The Hall–Kier alpha value is -0.643.